The molecule has 1 aromatic carbocycles. The molecule has 0 aliphatic heterocycles. The van der Waals surface area contributed by atoms with Crippen LogP contribution in [0.15, 0.2) is 24.3 Å². The fourth-order valence-corrected chi connectivity index (χ4v) is 4.83. The molecule has 1 aromatic rings. The second kappa shape index (κ2) is 6.02. The Morgan fingerprint density at radius 1 is 0.857 bits per heavy atom. The van der Waals surface area contributed by atoms with Crippen LogP contribution in [0.4, 0.5) is 5.69 Å². The molecule has 0 spiro atoms. The van der Waals surface area contributed by atoms with Crippen molar-refractivity contribution in [3.8, 4) is 0 Å². The first-order valence-electron chi connectivity index (χ1n) is 9.04. The summed E-state index contributed by atoms with van der Waals surface area (Å²) in [6, 6.07) is 8.75. The third-order valence-electron chi connectivity index (χ3n) is 6.49. The second-order valence-corrected chi connectivity index (χ2v) is 7.71. The maximum absolute atomic E-state index is 5.85. The molecule has 2 N–H and O–H groups in total. The first kappa shape index (κ1) is 14.9. The Kier molecular flexibility index (Phi) is 4.28. The minimum atomic E-state index is 0.485. The monoisotopic (exact) mass is 285 g/mol. The van der Waals surface area contributed by atoms with E-state index in [1.165, 1.54) is 70.6 Å². The van der Waals surface area contributed by atoms with Gasteiger partial charge >= 0.3 is 0 Å². The molecule has 1 heteroatoms. The third-order valence-corrected chi connectivity index (χ3v) is 6.49. The standard InChI is InChI=1S/C20H31N/c1-2-3-4-5-10-19-11-14-20(15-12-19,16-13-19)17-6-8-18(21)9-7-17/h6-9H,2-5,10-16,21H2,1H3. The van der Waals surface area contributed by atoms with Crippen molar-refractivity contribution in [3.63, 3.8) is 0 Å². The van der Waals surface area contributed by atoms with E-state index in [4.69, 9.17) is 5.73 Å². The Balaban J connectivity index is 1.62. The summed E-state index contributed by atoms with van der Waals surface area (Å²) < 4.78 is 0. The van der Waals surface area contributed by atoms with E-state index in [1.54, 1.807) is 5.56 Å². The summed E-state index contributed by atoms with van der Waals surface area (Å²) in [5.41, 5.74) is 9.49. The zero-order valence-corrected chi connectivity index (χ0v) is 13.7. The fraction of sp³-hybridized carbons (Fsp3) is 0.700. The van der Waals surface area contributed by atoms with Gasteiger partial charge in [-0.1, -0.05) is 44.7 Å². The van der Waals surface area contributed by atoms with Crippen LogP contribution < -0.4 is 5.73 Å². The Morgan fingerprint density at radius 2 is 1.48 bits per heavy atom. The Bertz CT molecular complexity index is 435. The average molecular weight is 285 g/mol. The number of benzene rings is 1. The average Bonchev–Trinajstić information content (AvgIpc) is 2.54. The van der Waals surface area contributed by atoms with Gasteiger partial charge in [0.2, 0.25) is 0 Å². The zero-order valence-electron chi connectivity index (χ0n) is 13.7. The van der Waals surface area contributed by atoms with Crippen LogP contribution in [0.1, 0.15) is 83.1 Å². The summed E-state index contributed by atoms with van der Waals surface area (Å²) >= 11 is 0. The molecule has 3 aliphatic rings. The van der Waals surface area contributed by atoms with Crippen LogP contribution in [0.5, 0.6) is 0 Å². The van der Waals surface area contributed by atoms with E-state index < -0.39 is 0 Å². The van der Waals surface area contributed by atoms with Gasteiger partial charge in [-0.15, -0.1) is 0 Å². The molecule has 0 amide bonds. The van der Waals surface area contributed by atoms with Crippen LogP contribution in [0.2, 0.25) is 0 Å². The molecular formula is C20H31N. The third kappa shape index (κ3) is 2.98. The van der Waals surface area contributed by atoms with Crippen molar-refractivity contribution < 1.29 is 0 Å². The molecule has 0 saturated heterocycles. The topological polar surface area (TPSA) is 26.0 Å². The molecule has 3 fully saturated rings. The molecule has 116 valence electrons. The van der Waals surface area contributed by atoms with Crippen LogP contribution >= 0.6 is 0 Å². The van der Waals surface area contributed by atoms with Crippen molar-refractivity contribution in [1.82, 2.24) is 0 Å². The van der Waals surface area contributed by atoms with Gasteiger partial charge in [0.1, 0.15) is 0 Å². The molecule has 0 atom stereocenters. The van der Waals surface area contributed by atoms with Crippen molar-refractivity contribution in [2.75, 3.05) is 5.73 Å². The first-order valence-corrected chi connectivity index (χ1v) is 9.04. The molecule has 0 heterocycles. The van der Waals surface area contributed by atoms with Crippen LogP contribution in [0.3, 0.4) is 0 Å². The smallest absolute Gasteiger partial charge is 0.0314 e. The minimum Gasteiger partial charge on any atom is -0.399 e. The molecule has 1 nitrogen and oxygen atoms in total. The van der Waals surface area contributed by atoms with E-state index >= 15 is 0 Å². The van der Waals surface area contributed by atoms with Gasteiger partial charge in [0.25, 0.3) is 0 Å². The van der Waals surface area contributed by atoms with Crippen molar-refractivity contribution in [1.29, 1.82) is 0 Å². The molecule has 3 saturated carbocycles. The van der Waals surface area contributed by atoms with Crippen LogP contribution in [0.25, 0.3) is 0 Å². The first-order chi connectivity index (χ1) is 10.2. The van der Waals surface area contributed by atoms with Crippen LogP contribution in [0, 0.1) is 5.41 Å². The van der Waals surface area contributed by atoms with Gasteiger partial charge in [0.05, 0.1) is 0 Å². The molecule has 4 rings (SSSR count). The van der Waals surface area contributed by atoms with Gasteiger partial charge in [-0.25, -0.2) is 0 Å². The summed E-state index contributed by atoms with van der Waals surface area (Å²) in [5.74, 6) is 0. The lowest BCUT2D eigenvalue weighted by Gasteiger charge is -2.54. The van der Waals surface area contributed by atoms with E-state index in [1.807, 2.05) is 0 Å². The summed E-state index contributed by atoms with van der Waals surface area (Å²) in [6.07, 6.45) is 15.8. The lowest BCUT2D eigenvalue weighted by Crippen LogP contribution is -2.44. The largest absolute Gasteiger partial charge is 0.399 e. The van der Waals surface area contributed by atoms with Crippen LogP contribution in [-0.4, -0.2) is 0 Å². The maximum Gasteiger partial charge on any atom is 0.0314 e. The van der Waals surface area contributed by atoms with Crippen LogP contribution in [-0.2, 0) is 5.41 Å². The summed E-state index contributed by atoms with van der Waals surface area (Å²) in [7, 11) is 0. The number of nitrogens with two attached hydrogens (primary N) is 1. The predicted octanol–water partition coefficient (Wildman–Crippen LogP) is 5.83. The van der Waals surface area contributed by atoms with Gasteiger partial charge in [-0.05, 0) is 73.5 Å². The summed E-state index contributed by atoms with van der Waals surface area (Å²) in [5, 5.41) is 0. The molecule has 0 unspecified atom stereocenters. The maximum atomic E-state index is 5.85. The summed E-state index contributed by atoms with van der Waals surface area (Å²) in [6.45, 7) is 2.31. The van der Waals surface area contributed by atoms with Gasteiger partial charge < -0.3 is 5.73 Å². The molecule has 0 aromatic heterocycles. The Labute approximate surface area is 130 Å². The zero-order chi connectivity index (χ0) is 14.8. The van der Waals surface area contributed by atoms with Crippen molar-refractivity contribution in [3.05, 3.63) is 29.8 Å². The van der Waals surface area contributed by atoms with Crippen molar-refractivity contribution in [2.45, 2.75) is 83.0 Å². The summed E-state index contributed by atoms with van der Waals surface area (Å²) in [4.78, 5) is 0. The molecule has 3 aliphatic carbocycles. The Hall–Kier alpha value is -0.980. The highest BCUT2D eigenvalue weighted by Gasteiger charge is 2.48. The molecular weight excluding hydrogens is 254 g/mol. The van der Waals surface area contributed by atoms with Gasteiger partial charge in [0.15, 0.2) is 0 Å². The van der Waals surface area contributed by atoms with E-state index in [0.717, 1.165) is 5.69 Å². The number of hydrogen-bond donors (Lipinski definition) is 1. The highest BCUT2D eigenvalue weighted by atomic mass is 14.6. The van der Waals surface area contributed by atoms with E-state index in [0.29, 0.717) is 10.8 Å². The second-order valence-electron chi connectivity index (χ2n) is 7.71. The van der Waals surface area contributed by atoms with Gasteiger partial charge in [0, 0.05) is 5.69 Å². The van der Waals surface area contributed by atoms with E-state index in [9.17, 15) is 0 Å². The molecule has 2 bridgehead atoms. The highest BCUT2D eigenvalue weighted by molar-refractivity contribution is 5.42. The SMILES string of the molecule is CCCCCCC12CCC(c3ccc(N)cc3)(CC1)CC2. The minimum absolute atomic E-state index is 0.485. The number of hydrogen-bond acceptors (Lipinski definition) is 1. The van der Waals surface area contributed by atoms with E-state index in [-0.39, 0.29) is 0 Å². The number of fused-ring (bicyclic) bond motifs is 3. The normalized spacial score (nSPS) is 31.5. The van der Waals surface area contributed by atoms with Crippen molar-refractivity contribution >= 4 is 5.69 Å². The predicted molar refractivity (Wildman–Crippen MR) is 91.4 cm³/mol. The lowest BCUT2D eigenvalue weighted by molar-refractivity contribution is 0.0305. The molecule has 0 radical (unpaired) electrons. The van der Waals surface area contributed by atoms with Gasteiger partial charge in [-0.2, -0.15) is 0 Å². The quantitative estimate of drug-likeness (QED) is 0.516. The lowest BCUT2D eigenvalue weighted by atomic mass is 9.51. The van der Waals surface area contributed by atoms with Gasteiger partial charge in [-0.3, -0.25) is 0 Å². The van der Waals surface area contributed by atoms with E-state index in [2.05, 4.69) is 31.2 Å². The number of anilines is 1. The highest BCUT2D eigenvalue weighted by Crippen LogP contribution is 2.59. The van der Waals surface area contributed by atoms with Crippen molar-refractivity contribution in [2.24, 2.45) is 5.41 Å². The number of unbranched alkanes of at least 4 members (excludes halogenated alkanes) is 3. The fourth-order valence-electron chi connectivity index (χ4n) is 4.83. The Morgan fingerprint density at radius 3 is 2.05 bits per heavy atom. The number of rotatable bonds is 6. The number of nitrogen functional groups attached to an aromatic ring is 1. The molecule has 21 heavy (non-hydrogen) atoms.